The lowest BCUT2D eigenvalue weighted by Gasteiger charge is -2.16. The van der Waals surface area contributed by atoms with Gasteiger partial charge in [-0.15, -0.1) is 0 Å². The van der Waals surface area contributed by atoms with Crippen molar-refractivity contribution in [3.05, 3.63) is 23.7 Å². The Labute approximate surface area is 114 Å². The molecule has 1 aromatic heterocycles. The van der Waals surface area contributed by atoms with E-state index in [-0.39, 0.29) is 5.91 Å². The zero-order valence-electron chi connectivity index (χ0n) is 11.9. The molecule has 1 aliphatic rings. The number of furan rings is 1. The third-order valence-corrected chi connectivity index (χ3v) is 3.75. The number of carbonyl (C=O) groups excluding carboxylic acids is 1. The van der Waals surface area contributed by atoms with Crippen LogP contribution in [0.5, 0.6) is 0 Å². The van der Waals surface area contributed by atoms with Crippen LogP contribution in [0.15, 0.2) is 16.5 Å². The summed E-state index contributed by atoms with van der Waals surface area (Å²) in [4.78, 5) is 13.5. The fraction of sp³-hybridized carbons (Fsp3) is 0.667. The minimum Gasteiger partial charge on any atom is -0.464 e. The second kappa shape index (κ2) is 5.78. The van der Waals surface area contributed by atoms with Gasteiger partial charge in [0.25, 0.3) is 0 Å². The second-order valence-corrected chi connectivity index (χ2v) is 5.76. The highest BCUT2D eigenvalue weighted by Crippen LogP contribution is 2.47. The third-order valence-electron chi connectivity index (χ3n) is 3.75. The molecular formula is C15H23NO3. The van der Waals surface area contributed by atoms with E-state index in [1.807, 2.05) is 12.1 Å². The summed E-state index contributed by atoms with van der Waals surface area (Å²) in [6, 6.07) is 3.98. The van der Waals surface area contributed by atoms with Crippen molar-refractivity contribution in [1.29, 1.82) is 0 Å². The molecule has 0 aromatic carbocycles. The highest BCUT2D eigenvalue weighted by Gasteiger charge is 2.36. The fourth-order valence-corrected chi connectivity index (χ4v) is 2.24. The fourth-order valence-electron chi connectivity index (χ4n) is 2.24. The first-order chi connectivity index (χ1) is 8.97. The average molecular weight is 265 g/mol. The monoisotopic (exact) mass is 265 g/mol. The van der Waals surface area contributed by atoms with Gasteiger partial charge in [-0.2, -0.15) is 0 Å². The molecule has 3 unspecified atom stereocenters. The van der Waals surface area contributed by atoms with E-state index in [1.54, 1.807) is 18.9 Å². The van der Waals surface area contributed by atoms with Gasteiger partial charge in [-0.05, 0) is 37.8 Å². The predicted octanol–water partition coefficient (Wildman–Crippen LogP) is 2.52. The van der Waals surface area contributed by atoms with Crippen LogP contribution in [-0.2, 0) is 11.3 Å². The standard InChI is InChI=1S/C15H23NO3/c1-10-8-13(10)14-6-5-12(19-14)9-16(3)15(18)7-4-11(2)17/h5-6,10-11,13,17H,4,7-9H2,1-3H3. The Morgan fingerprint density at radius 1 is 1.58 bits per heavy atom. The SMILES string of the molecule is CC(O)CCC(=O)N(C)Cc1ccc(C2CC2C)o1. The second-order valence-electron chi connectivity index (χ2n) is 5.76. The zero-order valence-corrected chi connectivity index (χ0v) is 11.9. The molecule has 0 radical (unpaired) electrons. The Kier molecular flexibility index (Phi) is 4.30. The van der Waals surface area contributed by atoms with Crippen LogP contribution in [0.25, 0.3) is 0 Å². The first-order valence-electron chi connectivity index (χ1n) is 6.98. The van der Waals surface area contributed by atoms with Crippen LogP contribution in [0, 0.1) is 5.92 Å². The average Bonchev–Trinajstić information content (AvgIpc) is 2.89. The molecule has 1 amide bonds. The maximum absolute atomic E-state index is 11.8. The van der Waals surface area contributed by atoms with E-state index >= 15 is 0 Å². The first-order valence-corrected chi connectivity index (χ1v) is 6.98. The van der Waals surface area contributed by atoms with E-state index in [2.05, 4.69) is 6.92 Å². The molecule has 4 nitrogen and oxygen atoms in total. The Balaban J connectivity index is 1.82. The Hall–Kier alpha value is -1.29. The van der Waals surface area contributed by atoms with Crippen molar-refractivity contribution in [3.8, 4) is 0 Å². The van der Waals surface area contributed by atoms with Gasteiger partial charge in [0, 0.05) is 19.4 Å². The first kappa shape index (κ1) is 14.1. The molecule has 4 heteroatoms. The highest BCUT2D eigenvalue weighted by atomic mass is 16.3. The topological polar surface area (TPSA) is 53.7 Å². The van der Waals surface area contributed by atoms with Gasteiger partial charge in [0.1, 0.15) is 11.5 Å². The third kappa shape index (κ3) is 3.83. The van der Waals surface area contributed by atoms with Crippen molar-refractivity contribution in [2.45, 2.75) is 51.7 Å². The molecule has 0 saturated heterocycles. The predicted molar refractivity (Wildman–Crippen MR) is 72.6 cm³/mol. The van der Waals surface area contributed by atoms with E-state index in [1.165, 1.54) is 6.42 Å². The van der Waals surface area contributed by atoms with Crippen molar-refractivity contribution >= 4 is 5.91 Å². The largest absolute Gasteiger partial charge is 0.464 e. The van der Waals surface area contributed by atoms with Crippen molar-refractivity contribution in [3.63, 3.8) is 0 Å². The van der Waals surface area contributed by atoms with Crippen molar-refractivity contribution in [2.75, 3.05) is 7.05 Å². The van der Waals surface area contributed by atoms with Gasteiger partial charge >= 0.3 is 0 Å². The van der Waals surface area contributed by atoms with E-state index in [0.29, 0.717) is 25.3 Å². The summed E-state index contributed by atoms with van der Waals surface area (Å²) >= 11 is 0. The molecular weight excluding hydrogens is 242 g/mol. The molecule has 0 bridgehead atoms. The van der Waals surface area contributed by atoms with E-state index in [9.17, 15) is 9.90 Å². The van der Waals surface area contributed by atoms with Gasteiger partial charge < -0.3 is 14.4 Å². The summed E-state index contributed by atoms with van der Waals surface area (Å²) in [6.07, 6.45) is 1.66. The molecule has 1 aliphatic carbocycles. The summed E-state index contributed by atoms with van der Waals surface area (Å²) < 4.78 is 5.78. The number of hydrogen-bond acceptors (Lipinski definition) is 3. The molecule has 1 fully saturated rings. The summed E-state index contributed by atoms with van der Waals surface area (Å²) in [5, 5.41) is 9.18. The molecule has 19 heavy (non-hydrogen) atoms. The van der Waals surface area contributed by atoms with Crippen LogP contribution >= 0.6 is 0 Å². The van der Waals surface area contributed by atoms with Crippen LogP contribution in [0.4, 0.5) is 0 Å². The van der Waals surface area contributed by atoms with Crippen LogP contribution in [0.2, 0.25) is 0 Å². The quantitative estimate of drug-likeness (QED) is 0.860. The minimum absolute atomic E-state index is 0.0404. The van der Waals surface area contributed by atoms with Gasteiger partial charge in [0.2, 0.25) is 5.91 Å². The lowest BCUT2D eigenvalue weighted by molar-refractivity contribution is -0.131. The van der Waals surface area contributed by atoms with E-state index < -0.39 is 6.10 Å². The molecule has 1 saturated carbocycles. The summed E-state index contributed by atoms with van der Waals surface area (Å²) in [7, 11) is 1.77. The van der Waals surface area contributed by atoms with Gasteiger partial charge in [-0.1, -0.05) is 6.92 Å². The highest BCUT2D eigenvalue weighted by molar-refractivity contribution is 5.75. The number of rotatable bonds is 6. The maximum atomic E-state index is 11.8. The molecule has 0 aliphatic heterocycles. The van der Waals surface area contributed by atoms with Gasteiger partial charge in [0.15, 0.2) is 0 Å². The lowest BCUT2D eigenvalue weighted by Crippen LogP contribution is -2.26. The number of nitrogens with zero attached hydrogens (tertiary/aromatic N) is 1. The zero-order chi connectivity index (χ0) is 14.0. The summed E-state index contributed by atoms with van der Waals surface area (Å²) in [5.41, 5.74) is 0. The van der Waals surface area contributed by atoms with Crippen LogP contribution in [0.3, 0.4) is 0 Å². The Morgan fingerprint density at radius 2 is 2.26 bits per heavy atom. The molecule has 106 valence electrons. The summed E-state index contributed by atoms with van der Waals surface area (Å²) in [5.74, 6) is 3.22. The number of amides is 1. The van der Waals surface area contributed by atoms with Crippen LogP contribution in [0.1, 0.15) is 50.5 Å². The Morgan fingerprint density at radius 3 is 2.84 bits per heavy atom. The number of carbonyl (C=O) groups is 1. The Bertz CT molecular complexity index is 438. The maximum Gasteiger partial charge on any atom is 0.222 e. The van der Waals surface area contributed by atoms with Gasteiger partial charge in [-0.3, -0.25) is 4.79 Å². The van der Waals surface area contributed by atoms with Crippen LogP contribution in [-0.4, -0.2) is 29.1 Å². The molecule has 0 spiro atoms. The van der Waals surface area contributed by atoms with Gasteiger partial charge in [-0.25, -0.2) is 0 Å². The summed E-state index contributed by atoms with van der Waals surface area (Å²) in [6.45, 7) is 4.42. The minimum atomic E-state index is -0.427. The van der Waals surface area contributed by atoms with Crippen molar-refractivity contribution < 1.29 is 14.3 Å². The van der Waals surface area contributed by atoms with Crippen LogP contribution < -0.4 is 0 Å². The molecule has 3 atom stereocenters. The molecule has 1 heterocycles. The van der Waals surface area contributed by atoms with Gasteiger partial charge in [0.05, 0.1) is 12.6 Å². The lowest BCUT2D eigenvalue weighted by atomic mass is 10.2. The normalized spacial score (nSPS) is 23.2. The smallest absolute Gasteiger partial charge is 0.222 e. The van der Waals surface area contributed by atoms with Crippen molar-refractivity contribution in [1.82, 2.24) is 4.90 Å². The number of aliphatic hydroxyl groups is 1. The number of aliphatic hydroxyl groups excluding tert-OH is 1. The van der Waals surface area contributed by atoms with Crippen molar-refractivity contribution in [2.24, 2.45) is 5.92 Å². The number of hydrogen-bond donors (Lipinski definition) is 1. The van der Waals surface area contributed by atoms with E-state index in [0.717, 1.165) is 17.4 Å². The molecule has 1 aromatic rings. The molecule has 2 rings (SSSR count). The van der Waals surface area contributed by atoms with E-state index in [4.69, 9.17) is 4.42 Å². The molecule has 1 N–H and O–H groups in total.